The highest BCUT2D eigenvalue weighted by Crippen LogP contribution is 2.28. The normalized spacial score (nSPS) is 28.1. The lowest BCUT2D eigenvalue weighted by atomic mass is 9.91. The zero-order valence-corrected chi connectivity index (χ0v) is 15.7. The Bertz CT molecular complexity index is 614. The molecule has 0 bridgehead atoms. The average molecular weight is 351 g/mol. The van der Waals surface area contributed by atoms with Crippen LogP contribution in [0.5, 0.6) is 0 Å². The maximum absolute atomic E-state index is 12.9. The third-order valence-corrected chi connectivity index (χ3v) is 7.40. The van der Waals surface area contributed by atoms with Crippen LogP contribution in [0.3, 0.4) is 0 Å². The number of benzene rings is 1. The second-order valence-electron chi connectivity index (χ2n) is 7.80. The summed E-state index contributed by atoms with van der Waals surface area (Å²) in [5, 5.41) is 0. The molecule has 2 heterocycles. The van der Waals surface area contributed by atoms with Gasteiger partial charge in [-0.25, -0.2) is 0 Å². The van der Waals surface area contributed by atoms with E-state index in [2.05, 4.69) is 38.1 Å². The molecule has 2 atom stereocenters. The van der Waals surface area contributed by atoms with Crippen LogP contribution < -0.4 is 0 Å². The molecule has 2 fully saturated rings. The van der Waals surface area contributed by atoms with Crippen molar-refractivity contribution in [3.8, 4) is 0 Å². The predicted molar refractivity (Wildman–Crippen MR) is 97.9 cm³/mol. The molecule has 0 N–H and O–H groups in total. The number of rotatable bonds is 4. The molecule has 1 aromatic carbocycles. The van der Waals surface area contributed by atoms with Crippen LogP contribution in [0, 0.1) is 17.8 Å². The summed E-state index contributed by atoms with van der Waals surface area (Å²) >= 11 is 0. The topological polar surface area (TPSA) is 40.6 Å². The van der Waals surface area contributed by atoms with Gasteiger partial charge in [-0.05, 0) is 49.0 Å². The van der Waals surface area contributed by atoms with Gasteiger partial charge in [-0.2, -0.15) is 17.0 Å². The van der Waals surface area contributed by atoms with Crippen LogP contribution in [-0.2, 0) is 16.6 Å². The van der Waals surface area contributed by atoms with Gasteiger partial charge in [0.2, 0.25) is 0 Å². The van der Waals surface area contributed by atoms with E-state index in [-0.39, 0.29) is 0 Å². The molecular weight excluding hydrogens is 320 g/mol. The van der Waals surface area contributed by atoms with Crippen molar-refractivity contribution in [3.05, 3.63) is 35.9 Å². The Balaban J connectivity index is 1.57. The summed E-state index contributed by atoms with van der Waals surface area (Å²) in [5.41, 5.74) is 1.36. The van der Waals surface area contributed by atoms with Crippen LogP contribution >= 0.6 is 0 Å². The van der Waals surface area contributed by atoms with Gasteiger partial charge in [-0.3, -0.25) is 0 Å². The molecule has 2 saturated heterocycles. The van der Waals surface area contributed by atoms with Gasteiger partial charge in [-0.1, -0.05) is 44.2 Å². The van der Waals surface area contributed by atoms with E-state index in [0.29, 0.717) is 43.9 Å². The summed E-state index contributed by atoms with van der Waals surface area (Å²) < 4.78 is 29.3. The molecule has 3 rings (SSSR count). The maximum atomic E-state index is 12.9. The van der Waals surface area contributed by atoms with Crippen LogP contribution in [0.1, 0.15) is 38.7 Å². The molecule has 24 heavy (non-hydrogen) atoms. The summed E-state index contributed by atoms with van der Waals surface area (Å²) in [6, 6.07) is 10.5. The minimum Gasteiger partial charge on any atom is -0.195 e. The Morgan fingerprint density at radius 3 is 2.12 bits per heavy atom. The van der Waals surface area contributed by atoms with Crippen LogP contribution in [0.2, 0.25) is 0 Å². The Hall–Kier alpha value is -0.910. The summed E-state index contributed by atoms with van der Waals surface area (Å²) in [5.74, 6) is 1.51. The van der Waals surface area contributed by atoms with Crippen molar-refractivity contribution >= 4 is 10.2 Å². The van der Waals surface area contributed by atoms with E-state index < -0.39 is 10.2 Å². The largest absolute Gasteiger partial charge is 0.281 e. The molecular formula is C19H30N2O2S. The van der Waals surface area contributed by atoms with E-state index in [1.165, 1.54) is 5.56 Å². The van der Waals surface area contributed by atoms with Crippen molar-refractivity contribution in [2.75, 3.05) is 26.2 Å². The Morgan fingerprint density at radius 1 is 0.958 bits per heavy atom. The lowest BCUT2D eigenvalue weighted by Crippen LogP contribution is -2.51. The molecule has 0 amide bonds. The van der Waals surface area contributed by atoms with Gasteiger partial charge in [-0.15, -0.1) is 0 Å². The molecule has 0 radical (unpaired) electrons. The van der Waals surface area contributed by atoms with E-state index >= 15 is 0 Å². The molecule has 0 aliphatic carbocycles. The van der Waals surface area contributed by atoms with E-state index in [0.717, 1.165) is 25.7 Å². The second-order valence-corrected chi connectivity index (χ2v) is 9.73. The highest BCUT2D eigenvalue weighted by molar-refractivity contribution is 7.86. The molecule has 2 aliphatic heterocycles. The standard InChI is InChI=1S/C19H30N2O2S/c1-16-12-17(2)15-21(14-16)24(22,23)20-10-8-19(9-11-20)13-18-6-4-3-5-7-18/h3-7,16-17,19H,8-15H2,1-2H3/t16-,17-/m1/s1. The molecule has 0 spiro atoms. The summed E-state index contributed by atoms with van der Waals surface area (Å²) in [6.07, 6.45) is 4.12. The van der Waals surface area contributed by atoms with Crippen LogP contribution in [0.25, 0.3) is 0 Å². The van der Waals surface area contributed by atoms with Gasteiger partial charge in [0, 0.05) is 26.2 Å². The zero-order valence-electron chi connectivity index (χ0n) is 14.9. The molecule has 5 heteroatoms. The van der Waals surface area contributed by atoms with Gasteiger partial charge in [0.15, 0.2) is 0 Å². The molecule has 4 nitrogen and oxygen atoms in total. The second kappa shape index (κ2) is 7.54. The van der Waals surface area contributed by atoms with Crippen LogP contribution in [0.4, 0.5) is 0 Å². The highest BCUT2D eigenvalue weighted by Gasteiger charge is 2.36. The van der Waals surface area contributed by atoms with E-state index in [4.69, 9.17) is 0 Å². The summed E-state index contributed by atoms with van der Waals surface area (Å²) in [7, 11) is -3.28. The summed E-state index contributed by atoms with van der Waals surface area (Å²) in [4.78, 5) is 0. The lowest BCUT2D eigenvalue weighted by molar-refractivity contribution is 0.196. The molecule has 134 valence electrons. The fourth-order valence-corrected chi connectivity index (χ4v) is 6.13. The van der Waals surface area contributed by atoms with Gasteiger partial charge in [0.05, 0.1) is 0 Å². The fraction of sp³-hybridized carbons (Fsp3) is 0.684. The van der Waals surface area contributed by atoms with Crippen molar-refractivity contribution in [2.45, 2.75) is 39.5 Å². The SMILES string of the molecule is C[C@@H]1C[C@@H](C)CN(S(=O)(=O)N2CCC(Cc3ccccc3)CC2)C1. The van der Waals surface area contributed by atoms with E-state index in [1.807, 2.05) is 6.07 Å². The van der Waals surface area contributed by atoms with Crippen molar-refractivity contribution < 1.29 is 8.42 Å². The van der Waals surface area contributed by atoms with Gasteiger partial charge in [0.1, 0.15) is 0 Å². The van der Waals surface area contributed by atoms with Gasteiger partial charge >= 0.3 is 0 Å². The van der Waals surface area contributed by atoms with Crippen molar-refractivity contribution in [3.63, 3.8) is 0 Å². The minimum atomic E-state index is -3.28. The Morgan fingerprint density at radius 2 is 1.54 bits per heavy atom. The maximum Gasteiger partial charge on any atom is 0.281 e. The third-order valence-electron chi connectivity index (χ3n) is 5.43. The first kappa shape index (κ1) is 17.9. The van der Waals surface area contributed by atoms with Crippen molar-refractivity contribution in [1.29, 1.82) is 0 Å². The number of hydrogen-bond acceptors (Lipinski definition) is 2. The Kier molecular flexibility index (Phi) is 5.63. The average Bonchev–Trinajstić information content (AvgIpc) is 2.55. The van der Waals surface area contributed by atoms with Gasteiger partial charge < -0.3 is 0 Å². The first-order chi connectivity index (χ1) is 11.4. The van der Waals surface area contributed by atoms with Gasteiger partial charge in [0.25, 0.3) is 10.2 Å². The lowest BCUT2D eigenvalue weighted by Gasteiger charge is -2.39. The minimum absolute atomic E-state index is 0.458. The first-order valence-electron chi connectivity index (χ1n) is 9.24. The quantitative estimate of drug-likeness (QED) is 0.837. The Labute approximate surface area is 147 Å². The fourth-order valence-electron chi connectivity index (χ4n) is 4.25. The third kappa shape index (κ3) is 4.19. The predicted octanol–water partition coefficient (Wildman–Crippen LogP) is 3.16. The smallest absolute Gasteiger partial charge is 0.195 e. The monoisotopic (exact) mass is 350 g/mol. The van der Waals surface area contributed by atoms with Crippen LogP contribution in [-0.4, -0.2) is 43.2 Å². The highest BCUT2D eigenvalue weighted by atomic mass is 32.2. The van der Waals surface area contributed by atoms with E-state index in [1.54, 1.807) is 8.61 Å². The molecule has 0 unspecified atom stereocenters. The molecule has 0 aromatic heterocycles. The molecule has 0 saturated carbocycles. The summed E-state index contributed by atoms with van der Waals surface area (Å²) in [6.45, 7) is 7.00. The first-order valence-corrected chi connectivity index (χ1v) is 10.6. The van der Waals surface area contributed by atoms with E-state index in [9.17, 15) is 8.42 Å². The van der Waals surface area contributed by atoms with Crippen molar-refractivity contribution in [2.24, 2.45) is 17.8 Å². The van der Waals surface area contributed by atoms with Crippen molar-refractivity contribution in [1.82, 2.24) is 8.61 Å². The molecule has 2 aliphatic rings. The van der Waals surface area contributed by atoms with Crippen LogP contribution in [0.15, 0.2) is 30.3 Å². The number of nitrogens with zero attached hydrogens (tertiary/aromatic N) is 2. The number of piperidine rings is 2. The number of hydrogen-bond donors (Lipinski definition) is 0. The zero-order chi connectivity index (χ0) is 17.2. The molecule has 1 aromatic rings.